The second-order valence-corrected chi connectivity index (χ2v) is 10.4. The fourth-order valence-electron chi connectivity index (χ4n) is 4.90. The summed E-state index contributed by atoms with van der Waals surface area (Å²) in [7, 11) is -3.48. The number of likely N-dealkylation sites (tertiary alicyclic amines) is 1. The van der Waals surface area contributed by atoms with Crippen LogP contribution in [-0.2, 0) is 27.6 Å². The van der Waals surface area contributed by atoms with E-state index in [2.05, 4.69) is 4.90 Å². The monoisotopic (exact) mass is 406 g/mol. The number of benzene rings is 1. The van der Waals surface area contributed by atoms with Crippen LogP contribution < -0.4 is 0 Å². The number of piperidine rings is 1. The predicted molar refractivity (Wildman–Crippen MR) is 111 cm³/mol. The summed E-state index contributed by atoms with van der Waals surface area (Å²) in [5, 5.41) is 0. The molecular weight excluding hydrogens is 372 g/mol. The van der Waals surface area contributed by atoms with Crippen LogP contribution in [0.3, 0.4) is 0 Å². The van der Waals surface area contributed by atoms with Gasteiger partial charge < -0.3 is 9.64 Å². The van der Waals surface area contributed by atoms with E-state index in [-0.39, 0.29) is 6.04 Å². The van der Waals surface area contributed by atoms with Crippen molar-refractivity contribution in [3.05, 3.63) is 29.3 Å². The molecule has 0 spiro atoms. The van der Waals surface area contributed by atoms with Gasteiger partial charge in [-0.1, -0.05) is 12.5 Å². The lowest BCUT2D eigenvalue weighted by molar-refractivity contribution is 0.0557. The largest absolute Gasteiger partial charge is 0.381 e. The number of hydrogen-bond acceptors (Lipinski definition) is 4. The highest BCUT2D eigenvalue weighted by Crippen LogP contribution is 2.28. The van der Waals surface area contributed by atoms with Crippen LogP contribution >= 0.6 is 0 Å². The lowest BCUT2D eigenvalue weighted by Crippen LogP contribution is -2.47. The summed E-state index contributed by atoms with van der Waals surface area (Å²) in [6.45, 7) is 4.93. The molecule has 5 nitrogen and oxygen atoms in total. The number of aryl methyl sites for hydroxylation is 2. The number of nitrogens with zero attached hydrogens (tertiary/aromatic N) is 2. The third-order valence-corrected chi connectivity index (χ3v) is 8.56. The normalized spacial score (nSPS) is 22.3. The molecule has 6 heteroatoms. The fraction of sp³-hybridized carbons (Fsp3) is 0.727. The molecule has 0 unspecified atom stereocenters. The first-order chi connectivity index (χ1) is 13.6. The smallest absolute Gasteiger partial charge is 0.243 e. The molecule has 0 atom stereocenters. The molecule has 4 rings (SSSR count). The molecule has 0 saturated carbocycles. The van der Waals surface area contributed by atoms with Gasteiger partial charge in [-0.05, 0) is 87.7 Å². The molecule has 2 fully saturated rings. The minimum Gasteiger partial charge on any atom is -0.381 e. The van der Waals surface area contributed by atoms with Crippen molar-refractivity contribution in [2.24, 2.45) is 0 Å². The minimum atomic E-state index is -3.48. The average Bonchev–Trinajstić information content (AvgIpc) is 2.75. The third kappa shape index (κ3) is 4.61. The zero-order chi connectivity index (χ0) is 19.4. The Morgan fingerprint density at radius 2 is 1.68 bits per heavy atom. The van der Waals surface area contributed by atoms with Gasteiger partial charge in [0.25, 0.3) is 0 Å². The van der Waals surface area contributed by atoms with Crippen molar-refractivity contribution in [2.45, 2.75) is 68.7 Å². The van der Waals surface area contributed by atoms with Gasteiger partial charge in [-0.25, -0.2) is 8.42 Å². The number of fused-ring (bicyclic) bond motifs is 1. The maximum atomic E-state index is 13.7. The SMILES string of the molecule is O=S(=O)(c1ccc2c(c1)CCCC2)N(CCN1CCCCC1)C1CCOCC1. The van der Waals surface area contributed by atoms with Gasteiger partial charge in [0.05, 0.1) is 4.90 Å². The molecule has 3 aliphatic rings. The van der Waals surface area contributed by atoms with Crippen molar-refractivity contribution in [2.75, 3.05) is 39.4 Å². The Kier molecular flexibility index (Phi) is 6.71. The highest BCUT2D eigenvalue weighted by Gasteiger charge is 2.33. The Morgan fingerprint density at radius 3 is 2.43 bits per heavy atom. The van der Waals surface area contributed by atoms with E-state index in [1.165, 1.54) is 36.8 Å². The highest BCUT2D eigenvalue weighted by molar-refractivity contribution is 7.89. The molecule has 156 valence electrons. The Bertz CT molecular complexity index is 753. The van der Waals surface area contributed by atoms with Gasteiger partial charge in [-0.15, -0.1) is 0 Å². The fourth-order valence-corrected chi connectivity index (χ4v) is 6.63. The second kappa shape index (κ2) is 9.24. The molecule has 0 N–H and O–H groups in total. The number of rotatable bonds is 6. The van der Waals surface area contributed by atoms with Crippen LogP contribution in [0.1, 0.15) is 56.1 Å². The molecule has 0 aromatic heterocycles. The lowest BCUT2D eigenvalue weighted by atomic mass is 9.92. The Labute approximate surface area is 170 Å². The van der Waals surface area contributed by atoms with E-state index in [0.717, 1.165) is 51.7 Å². The van der Waals surface area contributed by atoms with Crippen LogP contribution in [-0.4, -0.2) is 63.1 Å². The van der Waals surface area contributed by atoms with E-state index in [0.29, 0.717) is 24.7 Å². The van der Waals surface area contributed by atoms with Crippen molar-refractivity contribution >= 4 is 10.0 Å². The molecular formula is C22H34N2O3S. The highest BCUT2D eigenvalue weighted by atomic mass is 32.2. The molecule has 0 bridgehead atoms. The molecule has 2 aliphatic heterocycles. The molecule has 28 heavy (non-hydrogen) atoms. The maximum Gasteiger partial charge on any atom is 0.243 e. The topological polar surface area (TPSA) is 49.9 Å². The van der Waals surface area contributed by atoms with Gasteiger partial charge in [0.15, 0.2) is 0 Å². The van der Waals surface area contributed by atoms with Crippen molar-refractivity contribution < 1.29 is 13.2 Å². The lowest BCUT2D eigenvalue weighted by Gasteiger charge is -2.36. The minimum absolute atomic E-state index is 0.0552. The van der Waals surface area contributed by atoms with E-state index >= 15 is 0 Å². The summed E-state index contributed by atoms with van der Waals surface area (Å²) in [4.78, 5) is 2.91. The molecule has 0 amide bonds. The summed E-state index contributed by atoms with van der Waals surface area (Å²) in [5.41, 5.74) is 2.56. The van der Waals surface area contributed by atoms with Crippen LogP contribution in [0.15, 0.2) is 23.1 Å². The van der Waals surface area contributed by atoms with E-state index in [9.17, 15) is 8.42 Å². The molecule has 1 aliphatic carbocycles. The molecule has 1 aromatic carbocycles. The molecule has 1 aromatic rings. The van der Waals surface area contributed by atoms with Gasteiger partial charge in [-0.2, -0.15) is 4.31 Å². The number of sulfonamides is 1. The summed E-state index contributed by atoms with van der Waals surface area (Å²) >= 11 is 0. The van der Waals surface area contributed by atoms with Gasteiger partial charge in [0.2, 0.25) is 10.0 Å². The average molecular weight is 407 g/mol. The zero-order valence-corrected chi connectivity index (χ0v) is 17.8. The van der Waals surface area contributed by atoms with Crippen LogP contribution in [0.5, 0.6) is 0 Å². The standard InChI is InChI=1S/C22H34N2O3S/c25-28(26,22-9-8-19-6-2-3-7-20(19)18-22)24(21-10-16-27-17-11-21)15-14-23-12-4-1-5-13-23/h8-9,18,21H,1-7,10-17H2. The number of hydrogen-bond donors (Lipinski definition) is 0. The molecule has 2 heterocycles. The summed E-state index contributed by atoms with van der Waals surface area (Å²) in [5.74, 6) is 0. The van der Waals surface area contributed by atoms with Gasteiger partial charge in [0.1, 0.15) is 0 Å². The summed E-state index contributed by atoms with van der Waals surface area (Å²) in [6.07, 6.45) is 9.81. The summed E-state index contributed by atoms with van der Waals surface area (Å²) in [6, 6.07) is 5.90. The quantitative estimate of drug-likeness (QED) is 0.728. The van der Waals surface area contributed by atoms with Gasteiger partial charge in [-0.3, -0.25) is 0 Å². The van der Waals surface area contributed by atoms with Crippen molar-refractivity contribution in [3.63, 3.8) is 0 Å². The zero-order valence-electron chi connectivity index (χ0n) is 16.9. The van der Waals surface area contributed by atoms with Crippen LogP contribution in [0.4, 0.5) is 0 Å². The maximum absolute atomic E-state index is 13.7. The third-order valence-electron chi connectivity index (χ3n) is 6.61. The molecule has 2 saturated heterocycles. The van der Waals surface area contributed by atoms with Crippen molar-refractivity contribution in [1.29, 1.82) is 0 Å². The second-order valence-electron chi connectivity index (χ2n) is 8.50. The van der Waals surface area contributed by atoms with Gasteiger partial charge >= 0.3 is 0 Å². The van der Waals surface area contributed by atoms with E-state index in [1.54, 1.807) is 4.31 Å². The van der Waals surface area contributed by atoms with E-state index in [4.69, 9.17) is 4.74 Å². The first kappa shape index (κ1) is 20.3. The first-order valence-electron chi connectivity index (χ1n) is 11.1. The predicted octanol–water partition coefficient (Wildman–Crippen LogP) is 3.22. The number of ether oxygens (including phenoxy) is 1. The molecule has 0 radical (unpaired) electrons. The Balaban J connectivity index is 1.56. The van der Waals surface area contributed by atoms with Crippen molar-refractivity contribution in [3.8, 4) is 0 Å². The Hall–Kier alpha value is -0.950. The van der Waals surface area contributed by atoms with Crippen LogP contribution in [0.2, 0.25) is 0 Å². The Morgan fingerprint density at radius 1 is 0.964 bits per heavy atom. The van der Waals surface area contributed by atoms with Crippen LogP contribution in [0, 0.1) is 0 Å². The van der Waals surface area contributed by atoms with Crippen LogP contribution in [0.25, 0.3) is 0 Å². The van der Waals surface area contributed by atoms with E-state index in [1.807, 2.05) is 18.2 Å². The summed E-state index contributed by atoms with van der Waals surface area (Å²) < 4.78 is 34.6. The van der Waals surface area contributed by atoms with E-state index < -0.39 is 10.0 Å². The van der Waals surface area contributed by atoms with Gasteiger partial charge in [0, 0.05) is 32.3 Å². The van der Waals surface area contributed by atoms with Crippen molar-refractivity contribution in [1.82, 2.24) is 9.21 Å². The first-order valence-corrected chi connectivity index (χ1v) is 12.5.